The first-order valence-electron chi connectivity index (χ1n) is 9.94. The molecule has 0 radical (unpaired) electrons. The quantitative estimate of drug-likeness (QED) is 0.294. The molecule has 0 aliphatic carbocycles. The molecule has 0 spiro atoms. The van der Waals surface area contributed by atoms with E-state index in [1.54, 1.807) is 0 Å². The standard InChI is InChI=1S/C25H30FP/c1-4-27(26,5-2,6-3)25(22-16-10-7-11-17-22,23-18-12-8-13-19-23)24-20-14-9-15-21-24/h7-21H,4-6H2,1-3H3. The van der Waals surface area contributed by atoms with Crippen LogP contribution in [0.5, 0.6) is 0 Å². The third-order valence-electron chi connectivity index (χ3n) is 6.59. The summed E-state index contributed by atoms with van der Waals surface area (Å²) in [5, 5.41) is -0.756. The molecule has 0 saturated heterocycles. The minimum absolute atomic E-state index is 0.567. The molecular formula is C25H30FP. The Labute approximate surface area is 163 Å². The molecule has 0 aliphatic heterocycles. The molecule has 0 heterocycles. The van der Waals surface area contributed by atoms with Crippen LogP contribution in [0.15, 0.2) is 91.0 Å². The van der Waals surface area contributed by atoms with Gasteiger partial charge in [0.1, 0.15) is 0 Å². The van der Waals surface area contributed by atoms with Crippen LogP contribution in [-0.2, 0) is 5.16 Å². The first-order valence-corrected chi connectivity index (χ1v) is 12.6. The van der Waals surface area contributed by atoms with E-state index in [4.69, 9.17) is 0 Å². The van der Waals surface area contributed by atoms with Gasteiger partial charge in [-0.25, -0.2) is 0 Å². The van der Waals surface area contributed by atoms with E-state index in [0.717, 1.165) is 16.7 Å². The van der Waals surface area contributed by atoms with Crippen molar-refractivity contribution in [2.75, 3.05) is 18.5 Å². The van der Waals surface area contributed by atoms with Crippen LogP contribution >= 0.6 is 6.91 Å². The predicted molar refractivity (Wildman–Crippen MR) is 119 cm³/mol. The fraction of sp³-hybridized carbons (Fsp3) is 0.280. The van der Waals surface area contributed by atoms with E-state index in [-0.39, 0.29) is 0 Å². The van der Waals surface area contributed by atoms with Gasteiger partial charge >= 0.3 is 163 Å². The van der Waals surface area contributed by atoms with E-state index in [2.05, 4.69) is 36.4 Å². The summed E-state index contributed by atoms with van der Waals surface area (Å²) in [6.07, 6.45) is 1.70. The van der Waals surface area contributed by atoms with Crippen LogP contribution in [0.25, 0.3) is 0 Å². The Bertz CT molecular complexity index is 747. The molecule has 27 heavy (non-hydrogen) atoms. The zero-order chi connectivity index (χ0) is 19.4. The summed E-state index contributed by atoms with van der Waals surface area (Å²) in [6, 6.07) is 31.0. The molecule has 0 nitrogen and oxygen atoms in total. The predicted octanol–water partition coefficient (Wildman–Crippen LogP) is 7.48. The molecule has 0 N–H and O–H groups in total. The molecule has 0 saturated carbocycles. The van der Waals surface area contributed by atoms with Crippen molar-refractivity contribution in [3.63, 3.8) is 0 Å². The second-order valence-corrected chi connectivity index (χ2v) is 13.1. The number of hydrogen-bond donors (Lipinski definition) is 0. The van der Waals surface area contributed by atoms with Crippen LogP contribution in [-0.4, -0.2) is 18.5 Å². The maximum absolute atomic E-state index is 17.9. The SMILES string of the molecule is CCP(F)(CC)(CC)C(c1ccccc1)(c1ccccc1)c1ccccc1. The summed E-state index contributed by atoms with van der Waals surface area (Å²) in [5.41, 5.74) is 3.19. The summed E-state index contributed by atoms with van der Waals surface area (Å²) in [7, 11) is 0. The molecule has 0 unspecified atom stereocenters. The third kappa shape index (κ3) is 2.84. The van der Waals surface area contributed by atoms with Gasteiger partial charge in [0.2, 0.25) is 0 Å². The van der Waals surface area contributed by atoms with Gasteiger partial charge in [-0.2, -0.15) is 0 Å². The van der Waals surface area contributed by atoms with Crippen molar-refractivity contribution in [3.8, 4) is 0 Å². The maximum atomic E-state index is 17.9. The minimum atomic E-state index is -3.73. The van der Waals surface area contributed by atoms with Crippen molar-refractivity contribution >= 4 is 6.91 Å². The Balaban J connectivity index is 2.56. The van der Waals surface area contributed by atoms with Crippen molar-refractivity contribution in [1.82, 2.24) is 0 Å². The number of benzene rings is 3. The summed E-state index contributed by atoms with van der Waals surface area (Å²) < 4.78 is 17.9. The van der Waals surface area contributed by atoms with E-state index < -0.39 is 12.1 Å². The average molecular weight is 380 g/mol. The van der Waals surface area contributed by atoms with Gasteiger partial charge in [-0.1, -0.05) is 0 Å². The van der Waals surface area contributed by atoms with Crippen molar-refractivity contribution in [2.45, 2.75) is 25.9 Å². The second kappa shape index (κ2) is 7.56. The number of rotatable bonds is 7. The first-order chi connectivity index (χ1) is 13.1. The van der Waals surface area contributed by atoms with Crippen molar-refractivity contribution in [3.05, 3.63) is 108 Å². The molecule has 3 rings (SSSR count). The normalized spacial score (nSPS) is 13.7. The monoisotopic (exact) mass is 380 g/mol. The molecule has 0 amide bonds. The number of hydrogen-bond acceptors (Lipinski definition) is 0. The van der Waals surface area contributed by atoms with Gasteiger partial charge in [0.25, 0.3) is 0 Å². The van der Waals surface area contributed by atoms with Crippen molar-refractivity contribution < 1.29 is 4.20 Å². The topological polar surface area (TPSA) is 0 Å². The molecule has 3 aromatic rings. The van der Waals surface area contributed by atoms with Gasteiger partial charge in [0.15, 0.2) is 0 Å². The Kier molecular flexibility index (Phi) is 5.54. The van der Waals surface area contributed by atoms with Gasteiger partial charge in [-0.05, 0) is 0 Å². The van der Waals surface area contributed by atoms with Crippen LogP contribution in [0, 0.1) is 0 Å². The van der Waals surface area contributed by atoms with E-state index >= 15 is 4.20 Å². The van der Waals surface area contributed by atoms with E-state index in [9.17, 15) is 0 Å². The van der Waals surface area contributed by atoms with Gasteiger partial charge in [0.05, 0.1) is 0 Å². The fourth-order valence-corrected chi connectivity index (χ4v) is 10.0. The molecular weight excluding hydrogens is 350 g/mol. The van der Waals surface area contributed by atoms with E-state index in [1.807, 2.05) is 75.4 Å². The molecule has 0 fully saturated rings. The summed E-state index contributed by atoms with van der Waals surface area (Å²) in [4.78, 5) is 0. The first kappa shape index (κ1) is 19.8. The van der Waals surface area contributed by atoms with Crippen LogP contribution in [0.2, 0.25) is 0 Å². The zero-order valence-electron chi connectivity index (χ0n) is 16.6. The van der Waals surface area contributed by atoms with Gasteiger partial charge in [0, 0.05) is 0 Å². The Morgan fingerprint density at radius 1 is 0.556 bits per heavy atom. The molecule has 2 heteroatoms. The summed E-state index contributed by atoms with van der Waals surface area (Å²) in [6.45, 7) is 2.42. The summed E-state index contributed by atoms with van der Waals surface area (Å²) >= 11 is 0. The van der Waals surface area contributed by atoms with Gasteiger partial charge in [-0.3, -0.25) is 0 Å². The zero-order valence-corrected chi connectivity index (χ0v) is 17.5. The van der Waals surface area contributed by atoms with Crippen LogP contribution < -0.4 is 0 Å². The summed E-state index contributed by atoms with van der Waals surface area (Å²) in [5.74, 6) is 0. The Hall–Kier alpha value is -1.98. The molecule has 3 aromatic carbocycles. The van der Waals surface area contributed by atoms with E-state index in [1.165, 1.54) is 0 Å². The van der Waals surface area contributed by atoms with Crippen LogP contribution in [0.1, 0.15) is 37.5 Å². The second-order valence-electron chi connectivity index (χ2n) is 7.35. The molecule has 0 aliphatic rings. The molecule has 0 aromatic heterocycles. The third-order valence-corrected chi connectivity index (χ3v) is 13.4. The molecule has 142 valence electrons. The van der Waals surface area contributed by atoms with Crippen LogP contribution in [0.4, 0.5) is 4.20 Å². The molecule has 0 atom stereocenters. The fourth-order valence-electron chi connectivity index (χ4n) is 4.89. The number of halogens is 1. The Morgan fingerprint density at radius 3 is 1.04 bits per heavy atom. The van der Waals surface area contributed by atoms with Gasteiger partial charge in [-0.15, -0.1) is 0 Å². The van der Waals surface area contributed by atoms with Crippen LogP contribution in [0.3, 0.4) is 0 Å². The van der Waals surface area contributed by atoms with E-state index in [0.29, 0.717) is 18.5 Å². The molecule has 0 bridgehead atoms. The van der Waals surface area contributed by atoms with Crippen molar-refractivity contribution in [1.29, 1.82) is 0 Å². The van der Waals surface area contributed by atoms with Crippen molar-refractivity contribution in [2.24, 2.45) is 0 Å². The average Bonchev–Trinajstić information content (AvgIpc) is 2.76. The van der Waals surface area contributed by atoms with Gasteiger partial charge < -0.3 is 0 Å². The Morgan fingerprint density at radius 2 is 0.815 bits per heavy atom.